The molecule has 18 heavy (non-hydrogen) atoms. The van der Waals surface area contributed by atoms with Gasteiger partial charge in [0.25, 0.3) is 0 Å². The Bertz CT molecular complexity index is 378. The molecule has 7 heteroatoms. The Kier molecular flexibility index (Phi) is 4.13. The first-order valence-electron chi connectivity index (χ1n) is 4.91. The lowest BCUT2D eigenvalue weighted by Gasteiger charge is -2.22. The van der Waals surface area contributed by atoms with E-state index in [0.717, 1.165) is 12.1 Å². The highest BCUT2D eigenvalue weighted by molar-refractivity contribution is 5.30. The van der Waals surface area contributed by atoms with Crippen LogP contribution < -0.4 is 4.74 Å². The summed E-state index contributed by atoms with van der Waals surface area (Å²) in [5.41, 5.74) is -0.430. The number of rotatable bonds is 3. The van der Waals surface area contributed by atoms with E-state index in [9.17, 15) is 26.3 Å². The van der Waals surface area contributed by atoms with Gasteiger partial charge >= 0.3 is 12.4 Å². The van der Waals surface area contributed by atoms with E-state index in [1.807, 2.05) is 0 Å². The first-order chi connectivity index (χ1) is 8.13. The van der Waals surface area contributed by atoms with Crippen molar-refractivity contribution in [1.29, 1.82) is 0 Å². The van der Waals surface area contributed by atoms with Gasteiger partial charge in [0.1, 0.15) is 5.75 Å². The third kappa shape index (κ3) is 4.12. The van der Waals surface area contributed by atoms with E-state index >= 15 is 0 Å². The molecule has 0 aromatic heterocycles. The van der Waals surface area contributed by atoms with Crippen molar-refractivity contribution in [2.24, 2.45) is 0 Å². The number of halogens is 6. The fraction of sp³-hybridized carbons (Fsp3) is 0.455. The van der Waals surface area contributed by atoms with Crippen molar-refractivity contribution in [2.75, 3.05) is 7.11 Å². The van der Waals surface area contributed by atoms with Gasteiger partial charge in [-0.25, -0.2) is 0 Å². The van der Waals surface area contributed by atoms with Gasteiger partial charge < -0.3 is 4.74 Å². The van der Waals surface area contributed by atoms with Crippen LogP contribution in [0.1, 0.15) is 17.9 Å². The first kappa shape index (κ1) is 14.7. The summed E-state index contributed by atoms with van der Waals surface area (Å²) in [6.45, 7) is 0. The fourth-order valence-corrected chi connectivity index (χ4v) is 1.49. The molecule has 0 spiro atoms. The maximum atomic E-state index is 12.6. The van der Waals surface area contributed by atoms with Crippen LogP contribution in [0.25, 0.3) is 0 Å². The van der Waals surface area contributed by atoms with Crippen LogP contribution in [-0.4, -0.2) is 19.5 Å². The molecule has 1 aromatic carbocycles. The fourth-order valence-electron chi connectivity index (χ4n) is 1.49. The van der Waals surface area contributed by atoms with E-state index in [1.54, 1.807) is 0 Å². The zero-order valence-corrected chi connectivity index (χ0v) is 9.27. The molecular formula is C11H10F6O. The van der Waals surface area contributed by atoms with E-state index < -0.39 is 30.3 Å². The molecule has 0 amide bonds. The maximum Gasteiger partial charge on any atom is 0.396 e. The third-order valence-electron chi connectivity index (χ3n) is 2.35. The summed E-state index contributed by atoms with van der Waals surface area (Å²) in [4.78, 5) is 0. The Hall–Kier alpha value is -1.40. The van der Waals surface area contributed by atoms with E-state index in [0.29, 0.717) is 0 Å². The third-order valence-corrected chi connectivity index (χ3v) is 2.35. The molecule has 0 aliphatic carbocycles. The summed E-state index contributed by atoms with van der Waals surface area (Å²) in [7, 11) is 1.31. The summed E-state index contributed by atoms with van der Waals surface area (Å²) in [6, 6.07) is 4.38. The zero-order valence-electron chi connectivity index (χ0n) is 9.27. The molecular weight excluding hydrogens is 262 g/mol. The van der Waals surface area contributed by atoms with Crippen LogP contribution in [0.15, 0.2) is 24.3 Å². The lowest BCUT2D eigenvalue weighted by Crippen LogP contribution is -2.26. The maximum absolute atomic E-state index is 12.6. The van der Waals surface area contributed by atoms with Crippen LogP contribution in [0.5, 0.6) is 5.75 Å². The number of methoxy groups -OCH3 is 1. The van der Waals surface area contributed by atoms with Crippen molar-refractivity contribution >= 4 is 0 Å². The standard InChI is InChI=1S/C11H10F6O/c1-18-8-4-2-7(3-5-8)9(11(15,16)17)6-10(12,13)14/h2-5,9H,6H2,1H3. The van der Waals surface area contributed by atoms with Gasteiger partial charge in [0.05, 0.1) is 19.4 Å². The summed E-state index contributed by atoms with van der Waals surface area (Å²) in [5.74, 6) is -2.27. The van der Waals surface area contributed by atoms with E-state index in [2.05, 4.69) is 0 Å². The van der Waals surface area contributed by atoms with Crippen molar-refractivity contribution in [3.8, 4) is 5.75 Å². The molecule has 1 aromatic rings. The molecule has 0 radical (unpaired) electrons. The normalized spacial score (nSPS) is 14.4. The Morgan fingerprint density at radius 3 is 1.83 bits per heavy atom. The molecule has 1 unspecified atom stereocenters. The summed E-state index contributed by atoms with van der Waals surface area (Å²) >= 11 is 0. The molecule has 1 atom stereocenters. The van der Waals surface area contributed by atoms with Gasteiger partial charge in [-0.2, -0.15) is 26.3 Å². The van der Waals surface area contributed by atoms with Crippen LogP contribution in [0.4, 0.5) is 26.3 Å². The minimum Gasteiger partial charge on any atom is -0.497 e. The van der Waals surface area contributed by atoms with Gasteiger partial charge in [-0.05, 0) is 17.7 Å². The predicted molar refractivity (Wildman–Crippen MR) is 52.5 cm³/mol. The van der Waals surface area contributed by atoms with Gasteiger partial charge in [0, 0.05) is 0 Å². The molecule has 0 aliphatic heterocycles. The van der Waals surface area contributed by atoms with Gasteiger partial charge in [-0.1, -0.05) is 12.1 Å². The van der Waals surface area contributed by atoms with Gasteiger partial charge in [0.15, 0.2) is 0 Å². The number of hydrogen-bond acceptors (Lipinski definition) is 1. The average molecular weight is 272 g/mol. The molecule has 0 N–H and O–H groups in total. The van der Waals surface area contributed by atoms with E-state index in [-0.39, 0.29) is 5.75 Å². The Labute approximate surface area is 99.4 Å². The minimum absolute atomic E-state index is 0.284. The summed E-state index contributed by atoms with van der Waals surface area (Å²) < 4.78 is 78.9. The Morgan fingerprint density at radius 1 is 1.00 bits per heavy atom. The highest BCUT2D eigenvalue weighted by Gasteiger charge is 2.47. The van der Waals surface area contributed by atoms with E-state index in [1.165, 1.54) is 19.2 Å². The predicted octanol–water partition coefficient (Wildman–Crippen LogP) is 4.29. The molecule has 0 heterocycles. The van der Waals surface area contributed by atoms with Crippen molar-refractivity contribution in [3.63, 3.8) is 0 Å². The van der Waals surface area contributed by atoms with Crippen LogP contribution in [0.3, 0.4) is 0 Å². The molecule has 102 valence electrons. The Morgan fingerprint density at radius 2 is 1.50 bits per heavy atom. The summed E-state index contributed by atoms with van der Waals surface area (Å²) in [5, 5.41) is 0. The van der Waals surface area contributed by atoms with Crippen molar-refractivity contribution < 1.29 is 31.1 Å². The smallest absolute Gasteiger partial charge is 0.396 e. The lowest BCUT2D eigenvalue weighted by molar-refractivity contribution is -0.197. The van der Waals surface area contributed by atoms with Crippen LogP contribution in [0.2, 0.25) is 0 Å². The second-order valence-electron chi connectivity index (χ2n) is 3.69. The second-order valence-corrected chi connectivity index (χ2v) is 3.69. The topological polar surface area (TPSA) is 9.23 Å². The molecule has 1 rings (SSSR count). The van der Waals surface area contributed by atoms with Crippen molar-refractivity contribution in [3.05, 3.63) is 29.8 Å². The zero-order chi connectivity index (χ0) is 14.0. The molecule has 0 bridgehead atoms. The van der Waals surface area contributed by atoms with Crippen LogP contribution >= 0.6 is 0 Å². The van der Waals surface area contributed by atoms with Crippen LogP contribution in [-0.2, 0) is 0 Å². The molecule has 0 saturated carbocycles. The number of ether oxygens (including phenoxy) is 1. The first-order valence-corrected chi connectivity index (χ1v) is 4.91. The molecule has 1 nitrogen and oxygen atoms in total. The van der Waals surface area contributed by atoms with Gasteiger partial charge in [0.2, 0.25) is 0 Å². The number of hydrogen-bond donors (Lipinski definition) is 0. The van der Waals surface area contributed by atoms with Crippen molar-refractivity contribution in [2.45, 2.75) is 24.7 Å². The van der Waals surface area contributed by atoms with Gasteiger partial charge in [-0.15, -0.1) is 0 Å². The number of benzene rings is 1. The molecule has 0 saturated heterocycles. The second kappa shape index (κ2) is 5.07. The molecule has 0 aliphatic rings. The molecule has 0 fully saturated rings. The lowest BCUT2D eigenvalue weighted by atomic mass is 9.95. The van der Waals surface area contributed by atoms with E-state index in [4.69, 9.17) is 4.74 Å². The Balaban J connectivity index is 3.02. The SMILES string of the molecule is COc1ccc(C(CC(F)(F)F)C(F)(F)F)cc1. The monoisotopic (exact) mass is 272 g/mol. The van der Waals surface area contributed by atoms with Crippen molar-refractivity contribution in [1.82, 2.24) is 0 Å². The van der Waals surface area contributed by atoms with Gasteiger partial charge in [-0.3, -0.25) is 0 Å². The highest BCUT2D eigenvalue weighted by Crippen LogP contribution is 2.42. The minimum atomic E-state index is -4.94. The highest BCUT2D eigenvalue weighted by atomic mass is 19.4. The number of alkyl halides is 6. The summed E-state index contributed by atoms with van der Waals surface area (Å²) in [6.07, 6.45) is -11.7. The average Bonchev–Trinajstić information content (AvgIpc) is 2.24. The quantitative estimate of drug-likeness (QED) is 0.746. The largest absolute Gasteiger partial charge is 0.497 e. The van der Waals surface area contributed by atoms with Crippen LogP contribution in [0, 0.1) is 0 Å².